The van der Waals surface area contributed by atoms with Crippen molar-refractivity contribution in [1.82, 2.24) is 14.7 Å². The number of aliphatic imine (C=N–C) groups is 1. The molecule has 0 bridgehead atoms. The van der Waals surface area contributed by atoms with E-state index in [1.807, 2.05) is 17.0 Å². The summed E-state index contributed by atoms with van der Waals surface area (Å²) in [7, 11) is 1.44. The summed E-state index contributed by atoms with van der Waals surface area (Å²) in [6.07, 6.45) is -4.63. The van der Waals surface area contributed by atoms with Crippen molar-refractivity contribution >= 4 is 41.4 Å². The fraction of sp³-hybridized carbons (Fsp3) is 0.344. The number of amides is 2. The quantitative estimate of drug-likeness (QED) is 0.246. The molecule has 3 atom stereocenters. The van der Waals surface area contributed by atoms with E-state index in [4.69, 9.17) is 37.7 Å². The molecule has 0 N–H and O–H groups in total. The molecule has 5 rings (SSSR count). The van der Waals surface area contributed by atoms with Gasteiger partial charge in [-0.1, -0.05) is 47.5 Å². The Morgan fingerprint density at radius 3 is 2.11 bits per heavy atom. The van der Waals surface area contributed by atoms with Gasteiger partial charge < -0.3 is 14.4 Å². The van der Waals surface area contributed by atoms with Gasteiger partial charge in [0, 0.05) is 43.3 Å². The number of halogens is 5. The Morgan fingerprint density at radius 2 is 1.58 bits per heavy atom. The van der Waals surface area contributed by atoms with Gasteiger partial charge >= 0.3 is 12.2 Å². The molecular formula is C32H31Cl2F3N4O4. The third-order valence-electron chi connectivity index (χ3n) is 7.85. The van der Waals surface area contributed by atoms with E-state index in [0.29, 0.717) is 29.4 Å². The van der Waals surface area contributed by atoms with Crippen molar-refractivity contribution in [2.75, 3.05) is 39.9 Å². The number of benzene rings is 3. The summed E-state index contributed by atoms with van der Waals surface area (Å²) in [6, 6.07) is 15.5. The largest absolute Gasteiger partial charge is 0.493 e. The minimum absolute atomic E-state index is 0.0470. The molecule has 0 radical (unpaired) electrons. The highest BCUT2D eigenvalue weighted by molar-refractivity contribution is 6.30. The van der Waals surface area contributed by atoms with Gasteiger partial charge in [0.15, 0.2) is 12.5 Å². The molecule has 0 aromatic heterocycles. The maximum absolute atomic E-state index is 14.6. The summed E-state index contributed by atoms with van der Waals surface area (Å²) in [5, 5.41) is 1.01. The zero-order valence-electron chi connectivity index (χ0n) is 24.5. The Hall–Kier alpha value is -3.64. The molecule has 3 unspecified atom stereocenters. The number of methoxy groups -OCH3 is 1. The maximum atomic E-state index is 14.6. The van der Waals surface area contributed by atoms with Crippen LogP contribution in [0.25, 0.3) is 0 Å². The molecule has 2 heterocycles. The fourth-order valence-corrected chi connectivity index (χ4v) is 5.88. The summed E-state index contributed by atoms with van der Waals surface area (Å²) in [6.45, 7) is 3.07. The average molecular weight is 664 g/mol. The van der Waals surface area contributed by atoms with Gasteiger partial charge in [-0.25, -0.2) is 4.79 Å². The SMILES string of the molecule is CCOc1cc(C(F)(F)F)ccc1C1=NC(c2ccc(Cl)cc2)C(c2ccc(Cl)cc2)N1C(=O)N1CCN(C(C=O)OC)CC1. The van der Waals surface area contributed by atoms with Gasteiger partial charge in [0.1, 0.15) is 17.6 Å². The van der Waals surface area contributed by atoms with Crippen LogP contribution in [0, 0.1) is 0 Å². The summed E-state index contributed by atoms with van der Waals surface area (Å²) < 4.78 is 52.1. The molecule has 45 heavy (non-hydrogen) atoms. The predicted molar refractivity (Wildman–Crippen MR) is 165 cm³/mol. The van der Waals surface area contributed by atoms with E-state index in [1.54, 1.807) is 48.2 Å². The van der Waals surface area contributed by atoms with E-state index >= 15 is 0 Å². The van der Waals surface area contributed by atoms with Gasteiger partial charge in [-0.2, -0.15) is 13.2 Å². The van der Waals surface area contributed by atoms with Crippen molar-refractivity contribution in [1.29, 1.82) is 0 Å². The number of carbonyl (C=O) groups is 2. The van der Waals surface area contributed by atoms with Crippen molar-refractivity contribution in [3.8, 4) is 5.75 Å². The molecule has 3 aromatic rings. The minimum Gasteiger partial charge on any atom is -0.493 e. The molecule has 8 nitrogen and oxygen atoms in total. The smallest absolute Gasteiger partial charge is 0.416 e. The van der Waals surface area contributed by atoms with Crippen molar-refractivity contribution in [2.24, 2.45) is 4.99 Å². The highest BCUT2D eigenvalue weighted by Crippen LogP contribution is 2.46. The first-order valence-corrected chi connectivity index (χ1v) is 15.0. The highest BCUT2D eigenvalue weighted by atomic mass is 35.5. The molecule has 238 valence electrons. The van der Waals surface area contributed by atoms with Crippen LogP contribution in [0.1, 0.15) is 41.3 Å². The lowest BCUT2D eigenvalue weighted by Gasteiger charge is -2.40. The number of piperazine rings is 1. The first-order chi connectivity index (χ1) is 21.5. The zero-order valence-corrected chi connectivity index (χ0v) is 26.0. The van der Waals surface area contributed by atoms with Crippen molar-refractivity contribution in [3.63, 3.8) is 0 Å². The lowest BCUT2D eigenvalue weighted by Crippen LogP contribution is -2.56. The second kappa shape index (κ2) is 13.8. The van der Waals surface area contributed by atoms with E-state index in [9.17, 15) is 22.8 Å². The number of carbonyl (C=O) groups excluding carboxylic acids is 2. The number of hydrogen-bond donors (Lipinski definition) is 0. The third kappa shape index (κ3) is 6.96. The Balaban J connectivity index is 1.64. The number of rotatable bonds is 8. The second-order valence-corrected chi connectivity index (χ2v) is 11.4. The van der Waals surface area contributed by atoms with Crippen LogP contribution in [0.3, 0.4) is 0 Å². The van der Waals surface area contributed by atoms with Crippen molar-refractivity contribution in [2.45, 2.75) is 31.4 Å². The molecule has 2 amide bonds. The molecule has 1 fully saturated rings. The van der Waals surface area contributed by atoms with Crippen LogP contribution in [-0.4, -0.2) is 79.0 Å². The number of amidine groups is 1. The number of ether oxygens (including phenoxy) is 2. The lowest BCUT2D eigenvalue weighted by atomic mass is 9.93. The summed E-state index contributed by atoms with van der Waals surface area (Å²) in [5.41, 5.74) is 0.826. The first-order valence-electron chi connectivity index (χ1n) is 14.3. The van der Waals surface area contributed by atoms with Gasteiger partial charge in [-0.15, -0.1) is 0 Å². The molecule has 13 heteroatoms. The van der Waals surface area contributed by atoms with Gasteiger partial charge in [0.25, 0.3) is 0 Å². The monoisotopic (exact) mass is 662 g/mol. The molecule has 1 saturated heterocycles. The third-order valence-corrected chi connectivity index (χ3v) is 8.35. The van der Waals surface area contributed by atoms with Crippen LogP contribution in [0.5, 0.6) is 5.75 Å². The van der Waals surface area contributed by atoms with Crippen molar-refractivity contribution in [3.05, 3.63) is 99.0 Å². The van der Waals surface area contributed by atoms with Crippen LogP contribution < -0.4 is 4.74 Å². The van der Waals surface area contributed by atoms with E-state index < -0.39 is 36.1 Å². The molecule has 0 saturated carbocycles. The summed E-state index contributed by atoms with van der Waals surface area (Å²) >= 11 is 12.4. The van der Waals surface area contributed by atoms with E-state index in [-0.39, 0.29) is 36.8 Å². The molecule has 2 aliphatic heterocycles. The highest BCUT2D eigenvalue weighted by Gasteiger charge is 2.45. The van der Waals surface area contributed by atoms with Gasteiger partial charge in [-0.05, 0) is 60.5 Å². The Morgan fingerprint density at radius 1 is 0.978 bits per heavy atom. The predicted octanol–water partition coefficient (Wildman–Crippen LogP) is 6.86. The Kier molecular flexibility index (Phi) is 10.0. The number of hydrogen-bond acceptors (Lipinski definition) is 6. The van der Waals surface area contributed by atoms with Gasteiger partial charge in [0.2, 0.25) is 0 Å². The van der Waals surface area contributed by atoms with Crippen LogP contribution in [0.2, 0.25) is 10.0 Å². The molecule has 0 aliphatic carbocycles. The Labute approximate surface area is 268 Å². The van der Waals surface area contributed by atoms with E-state index in [1.165, 1.54) is 18.1 Å². The zero-order chi connectivity index (χ0) is 32.3. The lowest BCUT2D eigenvalue weighted by molar-refractivity contribution is -0.137. The molecule has 3 aromatic carbocycles. The summed E-state index contributed by atoms with van der Waals surface area (Å²) in [4.78, 5) is 36.0. The summed E-state index contributed by atoms with van der Waals surface area (Å²) in [5.74, 6) is 0.122. The average Bonchev–Trinajstić information content (AvgIpc) is 3.42. The van der Waals surface area contributed by atoms with Crippen LogP contribution in [0.4, 0.5) is 18.0 Å². The second-order valence-electron chi connectivity index (χ2n) is 10.5. The standard InChI is InChI=1S/C32H31Cl2F3N4O4/c1-3-45-26-18-22(32(35,36)37)8-13-25(26)30-38-28(20-4-9-23(33)10-5-20)29(21-6-11-24(34)12-7-21)41(30)31(43)40-16-14-39(15-17-40)27(19-42)44-2/h4-13,18-19,27-29H,3,14-17H2,1-2H3. The first kappa shape index (κ1) is 32.7. The topological polar surface area (TPSA) is 74.7 Å². The number of nitrogens with zero attached hydrogens (tertiary/aromatic N) is 4. The van der Waals surface area contributed by atoms with Crippen LogP contribution in [-0.2, 0) is 15.7 Å². The molecule has 0 spiro atoms. The number of urea groups is 1. The fourth-order valence-electron chi connectivity index (χ4n) is 5.62. The number of alkyl halides is 3. The normalized spacial score (nSPS) is 19.8. The molecule has 2 aliphatic rings. The van der Waals surface area contributed by atoms with E-state index in [0.717, 1.165) is 23.3 Å². The van der Waals surface area contributed by atoms with Gasteiger partial charge in [0.05, 0.1) is 23.8 Å². The van der Waals surface area contributed by atoms with Crippen LogP contribution >= 0.6 is 23.2 Å². The minimum atomic E-state index is -4.60. The number of aldehydes is 1. The van der Waals surface area contributed by atoms with E-state index in [2.05, 4.69) is 0 Å². The maximum Gasteiger partial charge on any atom is 0.416 e. The molecular weight excluding hydrogens is 632 g/mol. The van der Waals surface area contributed by atoms with Crippen LogP contribution in [0.15, 0.2) is 71.7 Å². The van der Waals surface area contributed by atoms with Crippen molar-refractivity contribution < 1.29 is 32.2 Å². The Bertz CT molecular complexity index is 1550. The van der Waals surface area contributed by atoms with Gasteiger partial charge in [-0.3, -0.25) is 19.6 Å².